The van der Waals surface area contributed by atoms with Gasteiger partial charge in [0.15, 0.2) is 11.6 Å². The fraction of sp³-hybridized carbons (Fsp3) is 0.233. The van der Waals surface area contributed by atoms with Gasteiger partial charge in [0.25, 0.3) is 0 Å². The van der Waals surface area contributed by atoms with E-state index < -0.39 is 6.10 Å². The van der Waals surface area contributed by atoms with Crippen molar-refractivity contribution in [3.63, 3.8) is 0 Å². The van der Waals surface area contributed by atoms with E-state index in [1.165, 1.54) is 0 Å². The first-order valence-corrected chi connectivity index (χ1v) is 12.1. The number of aryl methyl sites for hydroxylation is 1. The van der Waals surface area contributed by atoms with Crippen molar-refractivity contribution in [2.24, 2.45) is 5.41 Å². The lowest BCUT2D eigenvalue weighted by Crippen LogP contribution is -2.27. The zero-order valence-electron chi connectivity index (χ0n) is 20.7. The third kappa shape index (κ3) is 4.48. The lowest BCUT2D eigenvalue weighted by Gasteiger charge is -2.30. The molecule has 0 spiro atoms. The number of hydrogen-bond donors (Lipinski definition) is 2. The minimum atomic E-state index is -1.35. The van der Waals surface area contributed by atoms with Crippen LogP contribution < -0.4 is 5.32 Å². The molecule has 6 heteroatoms. The van der Waals surface area contributed by atoms with Crippen LogP contribution in [0.15, 0.2) is 79.0 Å². The lowest BCUT2D eigenvalue weighted by atomic mass is 9.76. The molecule has 0 radical (unpaired) electrons. The van der Waals surface area contributed by atoms with E-state index in [0.717, 1.165) is 29.1 Å². The number of anilines is 2. The van der Waals surface area contributed by atoms with Crippen LogP contribution in [0, 0.1) is 12.3 Å². The number of Topliss-reactive ketones (excluding diaryl/α,β-unsaturated/α-hetero) is 2. The molecule has 5 rings (SSSR count). The number of carbonyl (C=O) groups is 2. The molecule has 0 fully saturated rings. The topological polar surface area (TPSA) is 84.2 Å². The normalized spacial score (nSPS) is 15.3. The molecule has 1 aliphatic carbocycles. The van der Waals surface area contributed by atoms with Gasteiger partial charge in [-0.25, -0.2) is 4.98 Å². The summed E-state index contributed by atoms with van der Waals surface area (Å²) in [5.41, 5.74) is 4.92. The molecule has 2 aromatic heterocycles. The highest BCUT2D eigenvalue weighted by atomic mass is 16.3. The molecule has 2 N–H and O–H groups in total. The first-order valence-electron chi connectivity index (χ1n) is 12.1. The van der Waals surface area contributed by atoms with Crippen LogP contribution in [0.4, 0.5) is 11.5 Å². The van der Waals surface area contributed by atoms with Gasteiger partial charge < -0.3 is 15.0 Å². The summed E-state index contributed by atoms with van der Waals surface area (Å²) < 4.78 is 2.10. The number of aromatic nitrogens is 2. The maximum absolute atomic E-state index is 13.1. The maximum Gasteiger partial charge on any atom is 0.195 e. The Bertz CT molecular complexity index is 1440. The number of carbonyl (C=O) groups excluding carboxylic acids is 2. The summed E-state index contributed by atoms with van der Waals surface area (Å²) in [6, 6.07) is 21.8. The summed E-state index contributed by atoms with van der Waals surface area (Å²) in [6.45, 7) is 6.22. The zero-order chi connectivity index (χ0) is 25.4. The van der Waals surface area contributed by atoms with Crippen LogP contribution in [0.2, 0.25) is 0 Å². The predicted octanol–water partition coefficient (Wildman–Crippen LogP) is 6.00. The van der Waals surface area contributed by atoms with E-state index in [4.69, 9.17) is 0 Å². The van der Waals surface area contributed by atoms with Crippen molar-refractivity contribution in [1.82, 2.24) is 9.55 Å². The van der Waals surface area contributed by atoms with E-state index >= 15 is 0 Å². The Labute approximate surface area is 210 Å². The van der Waals surface area contributed by atoms with Gasteiger partial charge in [-0.15, -0.1) is 0 Å². The van der Waals surface area contributed by atoms with Crippen LogP contribution in [-0.2, 0) is 6.42 Å². The Morgan fingerprint density at radius 1 is 1.03 bits per heavy atom. The highest BCUT2D eigenvalue weighted by Gasteiger charge is 2.34. The van der Waals surface area contributed by atoms with Crippen LogP contribution in [0.3, 0.4) is 0 Å². The Kier molecular flexibility index (Phi) is 6.06. The van der Waals surface area contributed by atoms with Gasteiger partial charge in [-0.3, -0.25) is 9.59 Å². The van der Waals surface area contributed by atoms with Crippen molar-refractivity contribution >= 4 is 23.1 Å². The second kappa shape index (κ2) is 9.21. The molecule has 182 valence electrons. The SMILES string of the molecule is Cc1cc2c(n1-c1ccc(C(O)C(=O)c3ccccc3)c(Nc3ccccn3)c1)CC(C)(C)CC2=O. The lowest BCUT2D eigenvalue weighted by molar-refractivity contribution is 0.0748. The van der Waals surface area contributed by atoms with E-state index in [1.54, 1.807) is 36.5 Å². The van der Waals surface area contributed by atoms with Gasteiger partial charge in [0.1, 0.15) is 11.9 Å². The molecule has 0 amide bonds. The maximum atomic E-state index is 13.1. The molecule has 4 aromatic rings. The van der Waals surface area contributed by atoms with Crippen LogP contribution in [0.5, 0.6) is 0 Å². The number of aliphatic hydroxyl groups is 1. The minimum Gasteiger partial charge on any atom is -0.380 e. The van der Waals surface area contributed by atoms with E-state index in [-0.39, 0.29) is 17.0 Å². The summed E-state index contributed by atoms with van der Waals surface area (Å²) in [4.78, 5) is 30.3. The first kappa shape index (κ1) is 23.7. The number of benzene rings is 2. The van der Waals surface area contributed by atoms with Crippen LogP contribution in [0.1, 0.15) is 64.0 Å². The van der Waals surface area contributed by atoms with Gasteiger partial charge in [-0.2, -0.15) is 0 Å². The highest BCUT2D eigenvalue weighted by Crippen LogP contribution is 2.38. The zero-order valence-corrected chi connectivity index (χ0v) is 20.7. The van der Waals surface area contributed by atoms with Gasteiger partial charge in [0.2, 0.25) is 0 Å². The molecule has 0 saturated carbocycles. The largest absolute Gasteiger partial charge is 0.380 e. The average Bonchev–Trinajstić information content (AvgIpc) is 3.19. The number of pyridine rings is 1. The smallest absolute Gasteiger partial charge is 0.195 e. The molecule has 1 atom stereocenters. The number of aliphatic hydroxyl groups excluding tert-OH is 1. The third-order valence-electron chi connectivity index (χ3n) is 6.70. The molecule has 6 nitrogen and oxygen atoms in total. The fourth-order valence-corrected chi connectivity index (χ4v) is 5.02. The van der Waals surface area contributed by atoms with E-state index in [2.05, 4.69) is 28.7 Å². The van der Waals surface area contributed by atoms with E-state index in [0.29, 0.717) is 29.1 Å². The second-order valence-electron chi connectivity index (χ2n) is 10.2. The summed E-state index contributed by atoms with van der Waals surface area (Å²) in [7, 11) is 0. The molecular formula is C30H29N3O3. The third-order valence-corrected chi connectivity index (χ3v) is 6.70. The highest BCUT2D eigenvalue weighted by molar-refractivity contribution is 6.01. The predicted molar refractivity (Wildman–Crippen MR) is 140 cm³/mol. The Balaban J connectivity index is 1.61. The number of fused-ring (bicyclic) bond motifs is 1. The number of nitrogens with zero attached hydrogens (tertiary/aromatic N) is 2. The Morgan fingerprint density at radius 2 is 1.78 bits per heavy atom. The van der Waals surface area contributed by atoms with Crippen molar-refractivity contribution in [1.29, 1.82) is 0 Å². The van der Waals surface area contributed by atoms with Gasteiger partial charge in [0, 0.05) is 52.1 Å². The number of ketones is 2. The van der Waals surface area contributed by atoms with E-state index in [9.17, 15) is 14.7 Å². The molecule has 2 aromatic carbocycles. The summed E-state index contributed by atoms with van der Waals surface area (Å²) >= 11 is 0. The number of rotatable bonds is 6. The number of hydrogen-bond acceptors (Lipinski definition) is 5. The van der Waals surface area contributed by atoms with Crippen LogP contribution in [0.25, 0.3) is 5.69 Å². The molecule has 0 aliphatic heterocycles. The van der Waals surface area contributed by atoms with Crippen molar-refractivity contribution < 1.29 is 14.7 Å². The molecular weight excluding hydrogens is 450 g/mol. The summed E-state index contributed by atoms with van der Waals surface area (Å²) in [5, 5.41) is 14.4. The minimum absolute atomic E-state index is 0.125. The monoisotopic (exact) mass is 479 g/mol. The molecule has 0 saturated heterocycles. The number of nitrogens with one attached hydrogen (secondary N) is 1. The van der Waals surface area contributed by atoms with Gasteiger partial charge in [0.05, 0.1) is 0 Å². The fourth-order valence-electron chi connectivity index (χ4n) is 5.02. The quantitative estimate of drug-likeness (QED) is 0.332. The molecule has 2 heterocycles. The average molecular weight is 480 g/mol. The summed E-state index contributed by atoms with van der Waals surface area (Å²) in [6.07, 6.45) is 1.63. The van der Waals surface area contributed by atoms with E-state index in [1.807, 2.05) is 49.4 Å². The van der Waals surface area contributed by atoms with Crippen LogP contribution >= 0.6 is 0 Å². The standard InChI is InChI=1S/C30H29N3O3/c1-19-15-23-25(17-30(2,3)18-26(23)34)33(19)21-12-13-22(24(16-21)32-27-11-7-8-14-31-27)29(36)28(35)20-9-5-4-6-10-20/h4-16,29,36H,17-18H2,1-3H3,(H,31,32). The van der Waals surface area contributed by atoms with Crippen molar-refractivity contribution in [2.45, 2.75) is 39.7 Å². The molecule has 0 bridgehead atoms. The van der Waals surface area contributed by atoms with Crippen molar-refractivity contribution in [2.75, 3.05) is 5.32 Å². The summed E-state index contributed by atoms with van der Waals surface area (Å²) in [5.74, 6) is 0.377. The Hall–Kier alpha value is -4.03. The van der Waals surface area contributed by atoms with Gasteiger partial charge >= 0.3 is 0 Å². The first-order chi connectivity index (χ1) is 17.2. The Morgan fingerprint density at radius 3 is 2.50 bits per heavy atom. The van der Waals surface area contributed by atoms with Gasteiger partial charge in [-0.1, -0.05) is 56.3 Å². The molecule has 1 unspecified atom stereocenters. The van der Waals surface area contributed by atoms with Crippen molar-refractivity contribution in [3.8, 4) is 5.69 Å². The van der Waals surface area contributed by atoms with Gasteiger partial charge in [-0.05, 0) is 49.1 Å². The van der Waals surface area contributed by atoms with Crippen molar-refractivity contribution in [3.05, 3.63) is 107 Å². The molecule has 36 heavy (non-hydrogen) atoms. The molecule has 1 aliphatic rings. The van der Waals surface area contributed by atoms with Crippen LogP contribution in [-0.4, -0.2) is 26.2 Å². The second-order valence-corrected chi connectivity index (χ2v) is 10.2.